The molecule has 10 heteroatoms. The van der Waals surface area contributed by atoms with Crippen molar-refractivity contribution in [1.29, 1.82) is 0 Å². The normalized spacial score (nSPS) is 17.9. The molecular formula is C21H19ClFN5O3. The minimum absolute atomic E-state index is 0.0578. The predicted octanol–water partition coefficient (Wildman–Crippen LogP) is 2.56. The molecule has 2 amide bonds. The second-order valence-corrected chi connectivity index (χ2v) is 8.12. The fourth-order valence-electron chi connectivity index (χ4n) is 4.03. The monoisotopic (exact) mass is 443 g/mol. The quantitative estimate of drug-likeness (QED) is 0.672. The SMILES string of the molecule is Cc1nc2c3c(nn2c(C)c1Cl)CN(C(=O)c1ccc(F)cc1OC1CCNC1=O)C3. The van der Waals surface area contributed by atoms with Gasteiger partial charge in [-0.05, 0) is 26.0 Å². The number of nitrogens with one attached hydrogen (secondary N) is 1. The van der Waals surface area contributed by atoms with E-state index in [1.807, 2.05) is 13.8 Å². The van der Waals surface area contributed by atoms with Crippen LogP contribution in [0.5, 0.6) is 5.75 Å². The number of aryl methyl sites for hydroxylation is 2. The van der Waals surface area contributed by atoms with E-state index in [2.05, 4.69) is 15.4 Å². The maximum atomic E-state index is 13.9. The van der Waals surface area contributed by atoms with Gasteiger partial charge in [-0.1, -0.05) is 11.6 Å². The Hall–Kier alpha value is -3.20. The molecule has 5 rings (SSSR count). The van der Waals surface area contributed by atoms with E-state index in [1.54, 1.807) is 9.42 Å². The lowest BCUT2D eigenvalue weighted by molar-refractivity contribution is -0.124. The molecule has 0 aliphatic carbocycles. The highest BCUT2D eigenvalue weighted by Gasteiger charge is 2.33. The van der Waals surface area contributed by atoms with Crippen molar-refractivity contribution in [2.45, 2.75) is 39.5 Å². The standard InChI is InChI=1S/C21H19ClFN5O3/c1-10-18(22)11(2)28-19(25-10)14-8-27(9-15(14)26-28)21(30)13-4-3-12(23)7-17(13)31-16-5-6-24-20(16)29/h3-4,7,16H,5-6,8-9H2,1-2H3,(H,24,29). The summed E-state index contributed by atoms with van der Waals surface area (Å²) >= 11 is 6.29. The molecule has 8 nitrogen and oxygen atoms in total. The van der Waals surface area contributed by atoms with Crippen molar-refractivity contribution in [3.8, 4) is 5.75 Å². The molecule has 3 aromatic rings. The van der Waals surface area contributed by atoms with Gasteiger partial charge in [-0.15, -0.1) is 0 Å². The van der Waals surface area contributed by atoms with Gasteiger partial charge in [0.05, 0.1) is 40.8 Å². The number of ether oxygens (including phenoxy) is 1. The molecule has 1 atom stereocenters. The highest BCUT2D eigenvalue weighted by molar-refractivity contribution is 6.31. The first-order chi connectivity index (χ1) is 14.8. The zero-order valence-electron chi connectivity index (χ0n) is 16.9. The van der Waals surface area contributed by atoms with Crippen molar-refractivity contribution in [2.24, 2.45) is 0 Å². The molecule has 2 aliphatic heterocycles. The van der Waals surface area contributed by atoms with Gasteiger partial charge in [0.2, 0.25) is 0 Å². The van der Waals surface area contributed by atoms with E-state index >= 15 is 0 Å². The summed E-state index contributed by atoms with van der Waals surface area (Å²) in [5.74, 6) is -1.08. The van der Waals surface area contributed by atoms with Crippen LogP contribution in [-0.2, 0) is 17.9 Å². The Labute approximate surface area is 182 Å². The van der Waals surface area contributed by atoms with Crippen LogP contribution in [0.4, 0.5) is 4.39 Å². The lowest BCUT2D eigenvalue weighted by Gasteiger charge is -2.20. The summed E-state index contributed by atoms with van der Waals surface area (Å²) in [6, 6.07) is 3.73. The number of nitrogens with zero attached hydrogens (tertiary/aromatic N) is 4. The first kappa shape index (κ1) is 19.7. The molecular weight excluding hydrogens is 425 g/mol. The van der Waals surface area contributed by atoms with Crippen LogP contribution in [0.3, 0.4) is 0 Å². The average molecular weight is 444 g/mol. The van der Waals surface area contributed by atoms with Crippen LogP contribution in [0.15, 0.2) is 18.2 Å². The smallest absolute Gasteiger partial charge is 0.261 e. The van der Waals surface area contributed by atoms with Gasteiger partial charge in [0.25, 0.3) is 11.8 Å². The maximum absolute atomic E-state index is 13.9. The van der Waals surface area contributed by atoms with Gasteiger partial charge in [0.15, 0.2) is 11.8 Å². The van der Waals surface area contributed by atoms with Crippen molar-refractivity contribution in [3.05, 3.63) is 57.2 Å². The number of rotatable bonds is 3. The van der Waals surface area contributed by atoms with Crippen molar-refractivity contribution >= 4 is 29.1 Å². The lowest BCUT2D eigenvalue weighted by atomic mass is 10.1. The van der Waals surface area contributed by atoms with Gasteiger partial charge in [-0.2, -0.15) is 5.10 Å². The molecule has 31 heavy (non-hydrogen) atoms. The van der Waals surface area contributed by atoms with E-state index in [-0.39, 0.29) is 29.7 Å². The zero-order chi connectivity index (χ0) is 21.9. The first-order valence-corrected chi connectivity index (χ1v) is 10.3. The number of amides is 2. The molecule has 0 saturated carbocycles. The van der Waals surface area contributed by atoms with Crippen LogP contribution in [0.1, 0.15) is 39.4 Å². The van der Waals surface area contributed by atoms with Crippen LogP contribution in [0.25, 0.3) is 5.65 Å². The summed E-state index contributed by atoms with van der Waals surface area (Å²) in [4.78, 5) is 31.3. The average Bonchev–Trinajstić information content (AvgIpc) is 3.42. The fourth-order valence-corrected chi connectivity index (χ4v) is 4.16. The summed E-state index contributed by atoms with van der Waals surface area (Å²) in [6.07, 6.45) is -0.282. The van der Waals surface area contributed by atoms with Crippen molar-refractivity contribution in [3.63, 3.8) is 0 Å². The molecule has 2 aliphatic rings. The van der Waals surface area contributed by atoms with Crippen molar-refractivity contribution in [1.82, 2.24) is 24.8 Å². The molecule has 160 valence electrons. The van der Waals surface area contributed by atoms with Crippen LogP contribution in [-0.4, -0.2) is 44.0 Å². The number of carbonyl (C=O) groups is 2. The number of hydrogen-bond donors (Lipinski definition) is 1. The number of benzene rings is 1. The molecule has 1 saturated heterocycles. The summed E-state index contributed by atoms with van der Waals surface area (Å²) in [7, 11) is 0. The van der Waals surface area contributed by atoms with Gasteiger partial charge in [0.1, 0.15) is 11.6 Å². The highest BCUT2D eigenvalue weighted by Crippen LogP contribution is 2.32. The van der Waals surface area contributed by atoms with Crippen LogP contribution >= 0.6 is 11.6 Å². The minimum atomic E-state index is -0.742. The van der Waals surface area contributed by atoms with E-state index in [1.165, 1.54) is 12.1 Å². The van der Waals surface area contributed by atoms with E-state index < -0.39 is 11.9 Å². The van der Waals surface area contributed by atoms with Crippen LogP contribution in [0, 0.1) is 19.7 Å². The molecule has 1 aromatic carbocycles. The van der Waals surface area contributed by atoms with E-state index in [0.29, 0.717) is 35.9 Å². The largest absolute Gasteiger partial charge is 0.480 e. The lowest BCUT2D eigenvalue weighted by Crippen LogP contribution is -2.30. The Bertz CT molecular complexity index is 1260. The molecule has 1 N–H and O–H groups in total. The summed E-state index contributed by atoms with van der Waals surface area (Å²) in [6.45, 7) is 4.78. The zero-order valence-corrected chi connectivity index (χ0v) is 17.7. The number of carbonyl (C=O) groups excluding carboxylic acids is 2. The summed E-state index contributed by atoms with van der Waals surface area (Å²) in [5.41, 5.74) is 3.96. The van der Waals surface area contributed by atoms with Gasteiger partial charge >= 0.3 is 0 Å². The first-order valence-electron chi connectivity index (χ1n) is 9.90. The molecule has 0 radical (unpaired) electrons. The van der Waals surface area contributed by atoms with Gasteiger partial charge in [-0.3, -0.25) is 9.59 Å². The van der Waals surface area contributed by atoms with Crippen LogP contribution < -0.4 is 10.1 Å². The Morgan fingerprint density at radius 3 is 2.87 bits per heavy atom. The van der Waals surface area contributed by atoms with Gasteiger partial charge < -0.3 is 15.0 Å². The molecule has 0 spiro atoms. The number of halogens is 2. The maximum Gasteiger partial charge on any atom is 0.261 e. The highest BCUT2D eigenvalue weighted by atomic mass is 35.5. The Balaban J connectivity index is 1.45. The molecule has 1 fully saturated rings. The summed E-state index contributed by atoms with van der Waals surface area (Å²) < 4.78 is 21.3. The van der Waals surface area contributed by atoms with E-state index in [0.717, 1.165) is 23.0 Å². The number of fused-ring (bicyclic) bond motifs is 3. The third-order valence-electron chi connectivity index (χ3n) is 5.68. The van der Waals surface area contributed by atoms with Crippen molar-refractivity contribution < 1.29 is 18.7 Å². The fraction of sp³-hybridized carbons (Fsp3) is 0.333. The Morgan fingerprint density at radius 2 is 2.13 bits per heavy atom. The molecule has 2 aromatic heterocycles. The third kappa shape index (κ3) is 3.20. The predicted molar refractivity (Wildman–Crippen MR) is 109 cm³/mol. The second kappa shape index (κ2) is 7.19. The van der Waals surface area contributed by atoms with E-state index in [4.69, 9.17) is 16.3 Å². The molecule has 1 unspecified atom stereocenters. The second-order valence-electron chi connectivity index (χ2n) is 7.75. The Kier molecular flexibility index (Phi) is 4.58. The topological polar surface area (TPSA) is 88.8 Å². The molecule has 4 heterocycles. The summed E-state index contributed by atoms with van der Waals surface area (Å²) in [5, 5.41) is 7.81. The minimum Gasteiger partial charge on any atom is -0.480 e. The molecule has 0 bridgehead atoms. The van der Waals surface area contributed by atoms with E-state index in [9.17, 15) is 14.0 Å². The van der Waals surface area contributed by atoms with Crippen LogP contribution in [0.2, 0.25) is 5.02 Å². The van der Waals surface area contributed by atoms with Crippen molar-refractivity contribution in [2.75, 3.05) is 6.54 Å². The van der Waals surface area contributed by atoms with Gasteiger partial charge in [0, 0.05) is 24.6 Å². The number of aromatic nitrogens is 3. The third-order valence-corrected chi connectivity index (χ3v) is 6.23. The number of hydrogen-bond acceptors (Lipinski definition) is 5. The van der Waals surface area contributed by atoms with Gasteiger partial charge in [-0.25, -0.2) is 13.9 Å². The Morgan fingerprint density at radius 1 is 1.32 bits per heavy atom.